The zero-order chi connectivity index (χ0) is 10.5. The maximum atomic E-state index is 5.55. The highest BCUT2D eigenvalue weighted by Crippen LogP contribution is 2.44. The molecular weight excluding hydrogens is 186 g/mol. The van der Waals surface area contributed by atoms with Crippen LogP contribution in [0.2, 0.25) is 0 Å². The highest BCUT2D eigenvalue weighted by atomic mass is 16.5. The van der Waals surface area contributed by atoms with Gasteiger partial charge in [0, 0.05) is 19.2 Å². The van der Waals surface area contributed by atoms with E-state index in [2.05, 4.69) is 12.2 Å². The van der Waals surface area contributed by atoms with E-state index in [4.69, 9.17) is 4.74 Å². The molecule has 0 radical (unpaired) electrons. The maximum Gasteiger partial charge on any atom is 0.0591 e. The van der Waals surface area contributed by atoms with E-state index < -0.39 is 0 Å². The molecule has 2 saturated carbocycles. The van der Waals surface area contributed by atoms with Crippen molar-refractivity contribution in [2.45, 2.75) is 51.5 Å². The van der Waals surface area contributed by atoms with E-state index in [0.29, 0.717) is 0 Å². The van der Waals surface area contributed by atoms with Crippen LogP contribution in [0.3, 0.4) is 0 Å². The fourth-order valence-corrected chi connectivity index (χ4v) is 3.16. The lowest BCUT2D eigenvalue weighted by atomic mass is 9.95. The number of ether oxygens (including phenoxy) is 1. The van der Waals surface area contributed by atoms with E-state index in [9.17, 15) is 0 Å². The Labute approximate surface area is 93.8 Å². The van der Waals surface area contributed by atoms with E-state index >= 15 is 0 Å². The third-order valence-corrected chi connectivity index (χ3v) is 4.03. The van der Waals surface area contributed by atoms with Crippen LogP contribution in [0.1, 0.15) is 45.4 Å². The quantitative estimate of drug-likeness (QED) is 0.654. The van der Waals surface area contributed by atoms with E-state index in [-0.39, 0.29) is 0 Å². The van der Waals surface area contributed by atoms with Gasteiger partial charge in [-0.05, 0) is 37.5 Å². The second-order valence-electron chi connectivity index (χ2n) is 5.20. The first kappa shape index (κ1) is 11.4. The molecule has 0 aromatic rings. The van der Waals surface area contributed by atoms with E-state index in [0.717, 1.165) is 37.6 Å². The molecule has 15 heavy (non-hydrogen) atoms. The summed E-state index contributed by atoms with van der Waals surface area (Å²) < 4.78 is 5.55. The molecule has 0 spiro atoms. The van der Waals surface area contributed by atoms with Gasteiger partial charge in [0.1, 0.15) is 0 Å². The lowest BCUT2D eigenvalue weighted by Gasteiger charge is -2.22. The minimum Gasteiger partial charge on any atom is -0.380 e. The topological polar surface area (TPSA) is 21.3 Å². The van der Waals surface area contributed by atoms with Crippen LogP contribution in [-0.4, -0.2) is 25.8 Å². The van der Waals surface area contributed by atoms with Crippen molar-refractivity contribution in [3.05, 3.63) is 0 Å². The zero-order valence-electron chi connectivity index (χ0n) is 10.0. The van der Waals surface area contributed by atoms with Gasteiger partial charge in [-0.25, -0.2) is 0 Å². The summed E-state index contributed by atoms with van der Waals surface area (Å²) in [6.07, 6.45) is 8.33. The second-order valence-corrected chi connectivity index (χ2v) is 5.20. The minimum absolute atomic E-state index is 0.818. The molecule has 2 aliphatic rings. The van der Waals surface area contributed by atoms with E-state index in [1.807, 2.05) is 0 Å². The average Bonchev–Trinajstić information content (AvgIpc) is 2.85. The zero-order valence-corrected chi connectivity index (χ0v) is 10.0. The van der Waals surface area contributed by atoms with Crippen molar-refractivity contribution in [2.75, 3.05) is 19.8 Å². The van der Waals surface area contributed by atoms with Crippen LogP contribution in [0.25, 0.3) is 0 Å². The van der Waals surface area contributed by atoms with Gasteiger partial charge < -0.3 is 10.1 Å². The summed E-state index contributed by atoms with van der Waals surface area (Å²) in [6.45, 7) is 5.09. The molecule has 2 bridgehead atoms. The number of rotatable bonds is 7. The Bertz CT molecular complexity index is 183. The van der Waals surface area contributed by atoms with Gasteiger partial charge in [0.05, 0.1) is 6.61 Å². The fraction of sp³-hybridized carbons (Fsp3) is 1.00. The smallest absolute Gasteiger partial charge is 0.0591 e. The Kier molecular flexibility index (Phi) is 4.45. The minimum atomic E-state index is 0.818. The van der Waals surface area contributed by atoms with Crippen molar-refractivity contribution in [1.82, 2.24) is 5.32 Å². The third kappa shape index (κ3) is 3.18. The van der Waals surface area contributed by atoms with Gasteiger partial charge in [-0.1, -0.05) is 19.8 Å². The molecule has 88 valence electrons. The van der Waals surface area contributed by atoms with Gasteiger partial charge in [-0.15, -0.1) is 0 Å². The standard InChI is InChI=1S/C13H25NO/c1-2-3-7-15-8-6-14-13-10-11-4-5-12(13)9-11/h11-14H,2-10H2,1H3. The van der Waals surface area contributed by atoms with Crippen LogP contribution in [-0.2, 0) is 4.74 Å². The highest BCUT2D eigenvalue weighted by molar-refractivity contribution is 4.93. The molecule has 1 N–H and O–H groups in total. The highest BCUT2D eigenvalue weighted by Gasteiger charge is 2.38. The lowest BCUT2D eigenvalue weighted by molar-refractivity contribution is 0.128. The van der Waals surface area contributed by atoms with Gasteiger partial charge in [-0.2, -0.15) is 0 Å². The molecule has 0 aliphatic heterocycles. The Morgan fingerprint density at radius 1 is 1.20 bits per heavy atom. The second kappa shape index (κ2) is 5.86. The van der Waals surface area contributed by atoms with Crippen molar-refractivity contribution in [3.8, 4) is 0 Å². The van der Waals surface area contributed by atoms with Gasteiger partial charge in [-0.3, -0.25) is 0 Å². The predicted molar refractivity (Wildman–Crippen MR) is 63.0 cm³/mol. The Hall–Kier alpha value is -0.0800. The predicted octanol–water partition coefficient (Wildman–Crippen LogP) is 2.58. The molecule has 2 aliphatic carbocycles. The van der Waals surface area contributed by atoms with Crippen molar-refractivity contribution >= 4 is 0 Å². The van der Waals surface area contributed by atoms with Crippen LogP contribution in [0, 0.1) is 11.8 Å². The van der Waals surface area contributed by atoms with Gasteiger partial charge in [0.25, 0.3) is 0 Å². The molecule has 2 rings (SSSR count). The summed E-state index contributed by atoms with van der Waals surface area (Å²) in [4.78, 5) is 0. The summed E-state index contributed by atoms with van der Waals surface area (Å²) in [6, 6.07) is 0.818. The van der Waals surface area contributed by atoms with Gasteiger partial charge in [0.2, 0.25) is 0 Å². The van der Waals surface area contributed by atoms with Crippen molar-refractivity contribution < 1.29 is 4.74 Å². The molecule has 0 amide bonds. The molecule has 3 atom stereocenters. The summed E-state index contributed by atoms with van der Waals surface area (Å²) in [5, 5.41) is 3.66. The fourth-order valence-electron chi connectivity index (χ4n) is 3.16. The molecular formula is C13H25NO. The SMILES string of the molecule is CCCCOCCNC1CC2CCC1C2. The van der Waals surface area contributed by atoms with Crippen molar-refractivity contribution in [3.63, 3.8) is 0 Å². The number of hydrogen-bond acceptors (Lipinski definition) is 2. The Morgan fingerprint density at radius 2 is 2.13 bits per heavy atom. The molecule has 0 aromatic carbocycles. The summed E-state index contributed by atoms with van der Waals surface area (Å²) in [5.41, 5.74) is 0. The summed E-state index contributed by atoms with van der Waals surface area (Å²) in [5.74, 6) is 2.04. The molecule has 0 aromatic heterocycles. The number of hydrogen-bond donors (Lipinski definition) is 1. The Balaban J connectivity index is 1.48. The van der Waals surface area contributed by atoms with Crippen LogP contribution in [0.15, 0.2) is 0 Å². The number of nitrogens with one attached hydrogen (secondary N) is 1. The molecule has 2 nitrogen and oxygen atoms in total. The summed E-state index contributed by atoms with van der Waals surface area (Å²) >= 11 is 0. The van der Waals surface area contributed by atoms with Crippen LogP contribution in [0.5, 0.6) is 0 Å². The van der Waals surface area contributed by atoms with Crippen LogP contribution in [0.4, 0.5) is 0 Å². The molecule has 3 unspecified atom stereocenters. The van der Waals surface area contributed by atoms with Crippen LogP contribution >= 0.6 is 0 Å². The molecule has 0 heterocycles. The van der Waals surface area contributed by atoms with Gasteiger partial charge >= 0.3 is 0 Å². The number of fused-ring (bicyclic) bond motifs is 2. The summed E-state index contributed by atoms with van der Waals surface area (Å²) in [7, 11) is 0. The van der Waals surface area contributed by atoms with Gasteiger partial charge in [0.15, 0.2) is 0 Å². The van der Waals surface area contributed by atoms with E-state index in [1.54, 1.807) is 0 Å². The monoisotopic (exact) mass is 211 g/mol. The maximum absolute atomic E-state index is 5.55. The largest absolute Gasteiger partial charge is 0.380 e. The first-order valence-corrected chi connectivity index (χ1v) is 6.71. The van der Waals surface area contributed by atoms with Crippen molar-refractivity contribution in [1.29, 1.82) is 0 Å². The van der Waals surface area contributed by atoms with Crippen molar-refractivity contribution in [2.24, 2.45) is 11.8 Å². The normalized spacial score (nSPS) is 33.8. The molecule has 2 fully saturated rings. The molecule has 0 saturated heterocycles. The number of unbranched alkanes of at least 4 members (excludes halogenated alkanes) is 1. The first-order valence-electron chi connectivity index (χ1n) is 6.71. The first-order chi connectivity index (χ1) is 7.40. The molecule has 2 heteroatoms. The Morgan fingerprint density at radius 3 is 2.80 bits per heavy atom. The third-order valence-electron chi connectivity index (χ3n) is 4.03. The average molecular weight is 211 g/mol. The van der Waals surface area contributed by atoms with Crippen LogP contribution < -0.4 is 5.32 Å². The lowest BCUT2D eigenvalue weighted by Crippen LogP contribution is -2.36. The van der Waals surface area contributed by atoms with E-state index in [1.165, 1.54) is 38.5 Å².